The molecule has 2 nitrogen and oxygen atoms in total. The molecule has 0 bridgehead atoms. The van der Waals surface area contributed by atoms with Gasteiger partial charge < -0.3 is 4.57 Å². The van der Waals surface area contributed by atoms with Gasteiger partial charge in [-0.3, -0.25) is 0 Å². The van der Waals surface area contributed by atoms with Gasteiger partial charge >= 0.3 is 0 Å². The molecule has 0 saturated carbocycles. The van der Waals surface area contributed by atoms with Crippen LogP contribution in [0.3, 0.4) is 0 Å². The molecule has 0 aliphatic heterocycles. The Morgan fingerprint density at radius 1 is 1.05 bits per heavy atom. The molecule has 0 unspecified atom stereocenters. The first-order valence-corrected chi connectivity index (χ1v) is 6.76. The van der Waals surface area contributed by atoms with Gasteiger partial charge in [-0.1, -0.05) is 12.1 Å². The van der Waals surface area contributed by atoms with Crippen molar-refractivity contribution in [3.05, 3.63) is 65.2 Å². The summed E-state index contributed by atoms with van der Waals surface area (Å²) in [5.74, 6) is -1.36. The summed E-state index contributed by atoms with van der Waals surface area (Å²) in [6, 6.07) is 7.96. The number of halogens is 4. The molecular formula is C15H10ClF3N2. The SMILES string of the molecule is Fc1cccc(Cn2c(CCl)nc3c(F)cc(F)cc32)c1. The van der Waals surface area contributed by atoms with Gasteiger partial charge in [0.25, 0.3) is 0 Å². The van der Waals surface area contributed by atoms with Crippen molar-refractivity contribution in [1.82, 2.24) is 9.55 Å². The third kappa shape index (κ3) is 2.61. The van der Waals surface area contributed by atoms with Crippen molar-refractivity contribution in [3.8, 4) is 0 Å². The molecule has 0 saturated heterocycles. The van der Waals surface area contributed by atoms with Crippen LogP contribution < -0.4 is 0 Å². The van der Waals surface area contributed by atoms with E-state index in [1.54, 1.807) is 16.7 Å². The smallest absolute Gasteiger partial charge is 0.153 e. The molecule has 0 aliphatic rings. The fraction of sp³-hybridized carbons (Fsp3) is 0.133. The highest BCUT2D eigenvalue weighted by Gasteiger charge is 2.15. The molecule has 6 heteroatoms. The van der Waals surface area contributed by atoms with Gasteiger partial charge in [-0.2, -0.15) is 0 Å². The number of benzene rings is 2. The second kappa shape index (κ2) is 5.41. The molecule has 0 atom stereocenters. The molecule has 0 fully saturated rings. The molecule has 0 N–H and O–H groups in total. The predicted molar refractivity (Wildman–Crippen MR) is 74.7 cm³/mol. The van der Waals surface area contributed by atoms with E-state index in [0.717, 1.165) is 6.07 Å². The summed E-state index contributed by atoms with van der Waals surface area (Å²) >= 11 is 5.82. The van der Waals surface area contributed by atoms with E-state index in [1.807, 2.05) is 0 Å². The van der Waals surface area contributed by atoms with Gasteiger partial charge in [0.1, 0.15) is 23.0 Å². The van der Waals surface area contributed by atoms with Gasteiger partial charge in [-0.15, -0.1) is 11.6 Å². The summed E-state index contributed by atoms with van der Waals surface area (Å²) in [6.07, 6.45) is 0. The quantitative estimate of drug-likeness (QED) is 0.662. The minimum atomic E-state index is -0.741. The lowest BCUT2D eigenvalue weighted by atomic mass is 10.2. The van der Waals surface area contributed by atoms with Gasteiger partial charge in [0, 0.05) is 12.6 Å². The van der Waals surface area contributed by atoms with Crippen LogP contribution in [0.2, 0.25) is 0 Å². The van der Waals surface area contributed by atoms with Crippen LogP contribution in [0.5, 0.6) is 0 Å². The lowest BCUT2D eigenvalue weighted by molar-refractivity contribution is 0.590. The van der Waals surface area contributed by atoms with E-state index in [2.05, 4.69) is 4.98 Å². The van der Waals surface area contributed by atoms with Crippen molar-refractivity contribution in [2.75, 3.05) is 0 Å². The minimum Gasteiger partial charge on any atom is -0.322 e. The monoisotopic (exact) mass is 310 g/mol. The Hall–Kier alpha value is -2.01. The third-order valence-corrected chi connectivity index (χ3v) is 3.44. The molecular weight excluding hydrogens is 301 g/mol. The van der Waals surface area contributed by atoms with Gasteiger partial charge in [0.05, 0.1) is 11.4 Å². The first-order chi connectivity index (χ1) is 10.1. The van der Waals surface area contributed by atoms with Crippen molar-refractivity contribution in [1.29, 1.82) is 0 Å². The maximum atomic E-state index is 13.8. The number of fused-ring (bicyclic) bond motifs is 1. The molecule has 21 heavy (non-hydrogen) atoms. The fourth-order valence-electron chi connectivity index (χ4n) is 2.29. The Kier molecular flexibility index (Phi) is 3.59. The topological polar surface area (TPSA) is 17.8 Å². The maximum Gasteiger partial charge on any atom is 0.153 e. The van der Waals surface area contributed by atoms with Crippen LogP contribution in [0.4, 0.5) is 13.2 Å². The lowest BCUT2D eigenvalue weighted by Gasteiger charge is -2.08. The van der Waals surface area contributed by atoms with E-state index in [1.165, 1.54) is 18.2 Å². The summed E-state index contributed by atoms with van der Waals surface area (Å²) in [5.41, 5.74) is 1.02. The molecule has 1 aromatic heterocycles. The van der Waals surface area contributed by atoms with Crippen LogP contribution in [0.15, 0.2) is 36.4 Å². The second-order valence-corrected chi connectivity index (χ2v) is 4.90. The van der Waals surface area contributed by atoms with Crippen LogP contribution >= 0.6 is 11.6 Å². The van der Waals surface area contributed by atoms with Gasteiger partial charge in [-0.25, -0.2) is 18.2 Å². The predicted octanol–water partition coefficient (Wildman–Crippen LogP) is 4.24. The molecule has 3 aromatic rings. The molecule has 0 radical (unpaired) electrons. The van der Waals surface area contributed by atoms with Crippen LogP contribution in [0, 0.1) is 17.5 Å². The molecule has 1 heterocycles. The number of hydrogen-bond donors (Lipinski definition) is 0. The van der Waals surface area contributed by atoms with Gasteiger partial charge in [0.2, 0.25) is 0 Å². The zero-order valence-corrected chi connectivity index (χ0v) is 11.5. The molecule has 0 amide bonds. The second-order valence-electron chi connectivity index (χ2n) is 4.63. The highest BCUT2D eigenvalue weighted by molar-refractivity contribution is 6.16. The van der Waals surface area contributed by atoms with Gasteiger partial charge in [-0.05, 0) is 23.8 Å². The van der Waals surface area contributed by atoms with Crippen LogP contribution in [-0.4, -0.2) is 9.55 Å². The number of rotatable bonds is 3. The Bertz CT molecular complexity index is 814. The summed E-state index contributed by atoms with van der Waals surface area (Å²) in [7, 11) is 0. The zero-order chi connectivity index (χ0) is 15.0. The highest BCUT2D eigenvalue weighted by Crippen LogP contribution is 2.23. The number of imidazole rings is 1. The Morgan fingerprint density at radius 3 is 2.57 bits per heavy atom. The van der Waals surface area contributed by atoms with E-state index < -0.39 is 11.6 Å². The lowest BCUT2D eigenvalue weighted by Crippen LogP contribution is -2.04. The van der Waals surface area contributed by atoms with Gasteiger partial charge in [0.15, 0.2) is 5.82 Å². The Labute approximate surface area is 123 Å². The average molecular weight is 311 g/mol. The molecule has 108 valence electrons. The highest BCUT2D eigenvalue weighted by atomic mass is 35.5. The van der Waals surface area contributed by atoms with Crippen molar-refractivity contribution >= 4 is 22.6 Å². The Balaban J connectivity index is 2.16. The molecule has 3 rings (SSSR count). The fourth-order valence-corrected chi connectivity index (χ4v) is 2.50. The Morgan fingerprint density at radius 2 is 1.86 bits per heavy atom. The van der Waals surface area contributed by atoms with Crippen LogP contribution in [-0.2, 0) is 12.4 Å². The summed E-state index contributed by atoms with van der Waals surface area (Å²) in [5, 5.41) is 0. The maximum absolute atomic E-state index is 13.8. The summed E-state index contributed by atoms with van der Waals surface area (Å²) in [6.45, 7) is 0.235. The van der Waals surface area contributed by atoms with Crippen LogP contribution in [0.1, 0.15) is 11.4 Å². The first-order valence-electron chi connectivity index (χ1n) is 6.23. The van der Waals surface area contributed by atoms with E-state index in [-0.39, 0.29) is 23.8 Å². The van der Waals surface area contributed by atoms with E-state index in [4.69, 9.17) is 11.6 Å². The summed E-state index contributed by atoms with van der Waals surface area (Å²) < 4.78 is 42.0. The number of alkyl halides is 1. The number of nitrogens with zero attached hydrogens (tertiary/aromatic N) is 2. The minimum absolute atomic E-state index is 0.0467. The zero-order valence-electron chi connectivity index (χ0n) is 10.8. The van der Waals surface area contributed by atoms with Crippen molar-refractivity contribution in [3.63, 3.8) is 0 Å². The normalized spacial score (nSPS) is 11.2. The summed E-state index contributed by atoms with van der Waals surface area (Å²) in [4.78, 5) is 4.09. The van der Waals surface area contributed by atoms with Crippen molar-refractivity contribution in [2.45, 2.75) is 12.4 Å². The molecule has 0 spiro atoms. The van der Waals surface area contributed by atoms with E-state index >= 15 is 0 Å². The standard InChI is InChI=1S/C15H10ClF3N2/c16-7-14-20-15-12(19)5-11(18)6-13(15)21(14)8-9-2-1-3-10(17)4-9/h1-6H,7-8H2. The van der Waals surface area contributed by atoms with E-state index in [0.29, 0.717) is 16.9 Å². The van der Waals surface area contributed by atoms with Crippen LogP contribution in [0.25, 0.3) is 11.0 Å². The number of aromatic nitrogens is 2. The third-order valence-electron chi connectivity index (χ3n) is 3.20. The number of hydrogen-bond acceptors (Lipinski definition) is 1. The van der Waals surface area contributed by atoms with Crippen molar-refractivity contribution in [2.24, 2.45) is 0 Å². The first kappa shape index (κ1) is 13.9. The van der Waals surface area contributed by atoms with E-state index in [9.17, 15) is 13.2 Å². The molecule has 0 aliphatic carbocycles. The largest absolute Gasteiger partial charge is 0.322 e. The molecule has 2 aromatic carbocycles. The average Bonchev–Trinajstić information content (AvgIpc) is 2.77. The van der Waals surface area contributed by atoms with Crippen molar-refractivity contribution < 1.29 is 13.2 Å².